The maximum atomic E-state index is 10.5. The Kier molecular flexibility index (Phi) is 1.12. The van der Waals surface area contributed by atoms with Crippen LogP contribution in [0.15, 0.2) is 18.3 Å². The monoisotopic (exact) mass is 149 g/mol. The zero-order chi connectivity index (χ0) is 7.84. The van der Waals surface area contributed by atoms with Gasteiger partial charge < -0.3 is 9.67 Å². The zero-order valence-electron chi connectivity index (χ0n) is 5.82. The molecule has 3 heteroatoms. The minimum Gasteiger partial charge on any atom is -0.478 e. The van der Waals surface area contributed by atoms with Crippen molar-refractivity contribution in [3.05, 3.63) is 29.6 Å². The van der Waals surface area contributed by atoms with E-state index in [1.807, 2.05) is 16.8 Å². The molecule has 2 rings (SSSR count). The summed E-state index contributed by atoms with van der Waals surface area (Å²) in [7, 11) is 0. The fraction of sp³-hybridized carbons (Fsp3) is 0.125. The summed E-state index contributed by atoms with van der Waals surface area (Å²) in [5.74, 6) is -0.861. The number of rotatable bonds is 1. The van der Waals surface area contributed by atoms with Gasteiger partial charge in [0.15, 0.2) is 0 Å². The molecule has 0 radical (unpaired) electrons. The van der Waals surface area contributed by atoms with Crippen LogP contribution in [-0.4, -0.2) is 15.6 Å². The Bertz CT molecular complexity index is 336. The van der Waals surface area contributed by atoms with Gasteiger partial charge in [-0.15, -0.1) is 0 Å². The van der Waals surface area contributed by atoms with Crippen molar-refractivity contribution in [2.75, 3.05) is 0 Å². The van der Waals surface area contributed by atoms with Crippen molar-refractivity contribution in [3.63, 3.8) is 0 Å². The van der Waals surface area contributed by atoms with Gasteiger partial charge in [0.25, 0.3) is 0 Å². The number of hydrogen-bond acceptors (Lipinski definition) is 1. The molecule has 0 atom stereocenters. The molecule has 56 valence electrons. The van der Waals surface area contributed by atoms with Crippen LogP contribution in [0.1, 0.15) is 16.1 Å². The van der Waals surface area contributed by atoms with Crippen molar-refractivity contribution >= 4 is 12.2 Å². The van der Waals surface area contributed by atoms with Gasteiger partial charge in [-0.1, -0.05) is 6.08 Å². The number of aromatic nitrogens is 1. The molecule has 2 heterocycles. The van der Waals surface area contributed by atoms with Crippen LogP contribution < -0.4 is 0 Å². The number of nitrogens with zero attached hydrogens (tertiary/aromatic N) is 1. The van der Waals surface area contributed by atoms with E-state index in [1.54, 1.807) is 12.3 Å². The standard InChI is InChI=1S/C8H7NO2/c10-8(11)6-4-7-2-1-3-9(7)5-6/h1,3-5H,2H2,(H,10,11). The van der Waals surface area contributed by atoms with Crippen molar-refractivity contribution in [2.45, 2.75) is 6.42 Å². The molecular weight excluding hydrogens is 142 g/mol. The first-order valence-corrected chi connectivity index (χ1v) is 3.38. The lowest BCUT2D eigenvalue weighted by molar-refractivity contribution is 0.0697. The van der Waals surface area contributed by atoms with Crippen LogP contribution >= 0.6 is 0 Å². The quantitative estimate of drug-likeness (QED) is 0.652. The third-order valence-corrected chi connectivity index (χ3v) is 1.77. The maximum absolute atomic E-state index is 10.5. The molecule has 0 amide bonds. The highest BCUT2D eigenvalue weighted by Gasteiger charge is 2.10. The minimum absolute atomic E-state index is 0.365. The van der Waals surface area contributed by atoms with E-state index < -0.39 is 5.97 Å². The van der Waals surface area contributed by atoms with E-state index in [4.69, 9.17) is 5.11 Å². The smallest absolute Gasteiger partial charge is 0.337 e. The Balaban J connectivity index is 2.49. The van der Waals surface area contributed by atoms with E-state index in [1.165, 1.54) is 0 Å². The summed E-state index contributed by atoms with van der Waals surface area (Å²) in [6, 6.07) is 1.70. The molecule has 0 unspecified atom stereocenters. The molecule has 0 bridgehead atoms. The molecule has 1 aromatic rings. The number of fused-ring (bicyclic) bond motifs is 1. The number of hydrogen-bond donors (Lipinski definition) is 1. The maximum Gasteiger partial charge on any atom is 0.337 e. The lowest BCUT2D eigenvalue weighted by Gasteiger charge is -1.88. The van der Waals surface area contributed by atoms with Gasteiger partial charge in [-0.2, -0.15) is 0 Å². The van der Waals surface area contributed by atoms with Crippen LogP contribution in [0.2, 0.25) is 0 Å². The molecule has 3 nitrogen and oxygen atoms in total. The fourth-order valence-electron chi connectivity index (χ4n) is 1.23. The van der Waals surface area contributed by atoms with E-state index >= 15 is 0 Å². The van der Waals surface area contributed by atoms with Gasteiger partial charge >= 0.3 is 5.97 Å². The topological polar surface area (TPSA) is 42.2 Å². The molecule has 0 fully saturated rings. The number of carbonyl (C=O) groups is 1. The highest BCUT2D eigenvalue weighted by atomic mass is 16.4. The van der Waals surface area contributed by atoms with E-state index in [9.17, 15) is 4.79 Å². The van der Waals surface area contributed by atoms with E-state index in [0.717, 1.165) is 12.1 Å². The fourth-order valence-corrected chi connectivity index (χ4v) is 1.23. The molecule has 11 heavy (non-hydrogen) atoms. The van der Waals surface area contributed by atoms with Gasteiger partial charge in [0.2, 0.25) is 0 Å². The Morgan fingerprint density at radius 1 is 1.64 bits per heavy atom. The van der Waals surface area contributed by atoms with E-state index in [-0.39, 0.29) is 0 Å². The second kappa shape index (κ2) is 1.99. The summed E-state index contributed by atoms with van der Waals surface area (Å²) < 4.78 is 1.84. The third-order valence-electron chi connectivity index (χ3n) is 1.77. The van der Waals surface area contributed by atoms with Crippen LogP contribution in [0.25, 0.3) is 6.20 Å². The summed E-state index contributed by atoms with van der Waals surface area (Å²) in [5, 5.41) is 8.60. The lowest BCUT2D eigenvalue weighted by atomic mass is 10.3. The summed E-state index contributed by atoms with van der Waals surface area (Å²) in [5.41, 5.74) is 1.41. The molecule has 1 aromatic heterocycles. The van der Waals surface area contributed by atoms with Crippen LogP contribution in [0.5, 0.6) is 0 Å². The number of carboxylic acids is 1. The van der Waals surface area contributed by atoms with Crippen LogP contribution in [0, 0.1) is 0 Å². The van der Waals surface area contributed by atoms with Gasteiger partial charge in [0.1, 0.15) is 0 Å². The largest absolute Gasteiger partial charge is 0.478 e. The van der Waals surface area contributed by atoms with Crippen molar-refractivity contribution in [1.29, 1.82) is 0 Å². The van der Waals surface area contributed by atoms with Gasteiger partial charge in [0, 0.05) is 24.5 Å². The highest BCUT2D eigenvalue weighted by Crippen LogP contribution is 2.15. The first-order chi connectivity index (χ1) is 5.27. The van der Waals surface area contributed by atoms with E-state index in [2.05, 4.69) is 0 Å². The Hall–Kier alpha value is -1.51. The summed E-state index contributed by atoms with van der Waals surface area (Å²) >= 11 is 0. The Morgan fingerprint density at radius 2 is 2.45 bits per heavy atom. The van der Waals surface area contributed by atoms with Crippen LogP contribution in [0.4, 0.5) is 0 Å². The number of carboxylic acid groups (broad SMARTS) is 1. The molecule has 0 spiro atoms. The predicted molar refractivity (Wildman–Crippen MR) is 40.4 cm³/mol. The van der Waals surface area contributed by atoms with Crippen molar-refractivity contribution in [1.82, 2.24) is 4.57 Å². The average molecular weight is 149 g/mol. The molecule has 0 aliphatic carbocycles. The first-order valence-electron chi connectivity index (χ1n) is 3.38. The highest BCUT2D eigenvalue weighted by molar-refractivity contribution is 5.88. The molecule has 0 saturated heterocycles. The van der Waals surface area contributed by atoms with E-state index in [0.29, 0.717) is 5.56 Å². The van der Waals surface area contributed by atoms with Gasteiger partial charge in [0.05, 0.1) is 5.56 Å². The minimum atomic E-state index is -0.861. The molecule has 1 N–H and O–H groups in total. The van der Waals surface area contributed by atoms with Crippen molar-refractivity contribution in [3.8, 4) is 0 Å². The molecule has 0 aromatic carbocycles. The lowest BCUT2D eigenvalue weighted by Crippen LogP contribution is -1.92. The molecule has 1 aliphatic heterocycles. The van der Waals surface area contributed by atoms with Gasteiger partial charge in [-0.05, 0) is 6.07 Å². The summed E-state index contributed by atoms with van der Waals surface area (Å²) in [4.78, 5) is 10.5. The second-order valence-electron chi connectivity index (χ2n) is 2.52. The molecular formula is C8H7NO2. The average Bonchev–Trinajstić information content (AvgIpc) is 2.40. The summed E-state index contributed by atoms with van der Waals surface area (Å²) in [6.45, 7) is 0. The van der Waals surface area contributed by atoms with Crippen LogP contribution in [-0.2, 0) is 6.42 Å². The first kappa shape index (κ1) is 6.22. The van der Waals surface area contributed by atoms with Gasteiger partial charge in [-0.3, -0.25) is 0 Å². The van der Waals surface area contributed by atoms with Crippen LogP contribution in [0.3, 0.4) is 0 Å². The van der Waals surface area contributed by atoms with Gasteiger partial charge in [-0.25, -0.2) is 4.79 Å². The number of allylic oxidation sites excluding steroid dienone is 1. The second-order valence-corrected chi connectivity index (χ2v) is 2.52. The summed E-state index contributed by atoms with van der Waals surface area (Å²) in [6.07, 6.45) is 6.34. The Morgan fingerprint density at radius 3 is 3.09 bits per heavy atom. The normalized spacial score (nSPS) is 13.5. The van der Waals surface area contributed by atoms with Crippen molar-refractivity contribution < 1.29 is 9.90 Å². The van der Waals surface area contributed by atoms with Crippen molar-refractivity contribution in [2.24, 2.45) is 0 Å². The SMILES string of the molecule is O=C(O)c1cc2n(c1)C=CC2. The zero-order valence-corrected chi connectivity index (χ0v) is 5.82. The predicted octanol–water partition coefficient (Wildman–Crippen LogP) is 1.21. The third kappa shape index (κ3) is 0.852. The number of aromatic carboxylic acids is 1. The Labute approximate surface area is 63.6 Å². The molecule has 1 aliphatic rings. The molecule has 0 saturated carbocycles.